The largest absolute Gasteiger partial charge is 0.481 e. The fourth-order valence-corrected chi connectivity index (χ4v) is 3.04. The molecular weight excluding hydrogens is 296 g/mol. The second-order valence-electron chi connectivity index (χ2n) is 6.63. The second kappa shape index (κ2) is 5.33. The molecule has 3 heterocycles. The topological polar surface area (TPSA) is 88.3 Å². The predicted octanol–water partition coefficient (Wildman–Crippen LogP) is 1.31. The van der Waals surface area contributed by atoms with Crippen LogP contribution in [0.25, 0.3) is 11.0 Å². The highest BCUT2D eigenvalue weighted by Crippen LogP contribution is 2.35. The summed E-state index contributed by atoms with van der Waals surface area (Å²) in [6.07, 6.45) is 3.43. The fraction of sp³-hybridized carbons (Fsp3) is 0.500. The summed E-state index contributed by atoms with van der Waals surface area (Å²) in [4.78, 5) is 29.9. The van der Waals surface area contributed by atoms with E-state index in [-0.39, 0.29) is 24.9 Å². The number of pyridine rings is 1. The van der Waals surface area contributed by atoms with Crippen LogP contribution in [0, 0.1) is 18.3 Å². The van der Waals surface area contributed by atoms with E-state index >= 15 is 0 Å². The average molecular weight is 316 g/mol. The zero-order chi connectivity index (χ0) is 16.8. The molecule has 1 N–H and O–H groups in total. The highest BCUT2D eigenvalue weighted by molar-refractivity contribution is 5.82. The molecule has 23 heavy (non-hydrogen) atoms. The number of aromatic nitrogens is 3. The molecule has 3 rings (SSSR count). The lowest BCUT2D eigenvalue weighted by molar-refractivity contribution is -0.149. The standard InChI is InChI=1S/C16H20N4O3/c1-10-4-12-6-18-20(14(12)17-5-10)8-13(21)19-7-11(2)16(3,9-19)15(22)23/h4-6,11H,7-9H2,1-3H3,(H,22,23)/t11-,16-/m1/s1. The number of rotatable bonds is 3. The van der Waals surface area contributed by atoms with E-state index in [4.69, 9.17) is 0 Å². The van der Waals surface area contributed by atoms with E-state index in [1.165, 1.54) is 0 Å². The summed E-state index contributed by atoms with van der Waals surface area (Å²) in [7, 11) is 0. The van der Waals surface area contributed by atoms with Crippen molar-refractivity contribution in [3.05, 3.63) is 24.0 Å². The van der Waals surface area contributed by atoms with Gasteiger partial charge in [-0.05, 0) is 31.4 Å². The number of carbonyl (C=O) groups is 2. The van der Waals surface area contributed by atoms with Crippen molar-refractivity contribution in [3.63, 3.8) is 0 Å². The fourth-order valence-electron chi connectivity index (χ4n) is 3.04. The van der Waals surface area contributed by atoms with Gasteiger partial charge in [0.25, 0.3) is 0 Å². The first-order valence-corrected chi connectivity index (χ1v) is 7.60. The quantitative estimate of drug-likeness (QED) is 0.922. The van der Waals surface area contributed by atoms with Crippen LogP contribution in [-0.4, -0.2) is 49.7 Å². The number of amides is 1. The molecule has 1 aliphatic heterocycles. The van der Waals surface area contributed by atoms with E-state index in [2.05, 4.69) is 10.1 Å². The Balaban J connectivity index is 1.78. The molecule has 1 saturated heterocycles. The van der Waals surface area contributed by atoms with Gasteiger partial charge in [0.2, 0.25) is 5.91 Å². The van der Waals surface area contributed by atoms with Gasteiger partial charge in [0.05, 0.1) is 11.6 Å². The van der Waals surface area contributed by atoms with E-state index in [1.807, 2.05) is 19.9 Å². The van der Waals surface area contributed by atoms with Gasteiger partial charge in [0.15, 0.2) is 5.65 Å². The summed E-state index contributed by atoms with van der Waals surface area (Å²) < 4.78 is 1.57. The summed E-state index contributed by atoms with van der Waals surface area (Å²) in [5.74, 6) is -1.07. The molecule has 1 aliphatic rings. The smallest absolute Gasteiger partial charge is 0.311 e. The van der Waals surface area contributed by atoms with Crippen LogP contribution in [0.15, 0.2) is 18.5 Å². The van der Waals surface area contributed by atoms with Crippen LogP contribution in [0.5, 0.6) is 0 Å². The third-order valence-electron chi connectivity index (χ3n) is 4.84. The number of carbonyl (C=O) groups excluding carboxylic acids is 1. The number of hydrogen-bond acceptors (Lipinski definition) is 4. The van der Waals surface area contributed by atoms with Crippen LogP contribution in [0.3, 0.4) is 0 Å². The third-order valence-corrected chi connectivity index (χ3v) is 4.84. The van der Waals surface area contributed by atoms with Crippen LogP contribution in [-0.2, 0) is 16.1 Å². The Hall–Kier alpha value is -2.44. The van der Waals surface area contributed by atoms with Crippen molar-refractivity contribution in [3.8, 4) is 0 Å². The summed E-state index contributed by atoms with van der Waals surface area (Å²) >= 11 is 0. The molecule has 1 fully saturated rings. The zero-order valence-electron chi connectivity index (χ0n) is 13.5. The van der Waals surface area contributed by atoms with Gasteiger partial charge in [-0.3, -0.25) is 9.59 Å². The Bertz CT molecular complexity index is 785. The van der Waals surface area contributed by atoms with Crippen molar-refractivity contribution in [2.45, 2.75) is 27.3 Å². The minimum absolute atomic E-state index is 0.0714. The van der Waals surface area contributed by atoms with Crippen LogP contribution < -0.4 is 0 Å². The normalized spacial score (nSPS) is 24.3. The van der Waals surface area contributed by atoms with Gasteiger partial charge < -0.3 is 10.0 Å². The van der Waals surface area contributed by atoms with E-state index in [1.54, 1.807) is 28.9 Å². The number of hydrogen-bond donors (Lipinski definition) is 1. The molecule has 7 heteroatoms. The number of fused-ring (bicyclic) bond motifs is 1. The van der Waals surface area contributed by atoms with Gasteiger partial charge in [0, 0.05) is 24.7 Å². The van der Waals surface area contributed by atoms with E-state index in [9.17, 15) is 14.7 Å². The minimum atomic E-state index is -0.892. The monoisotopic (exact) mass is 316 g/mol. The lowest BCUT2D eigenvalue weighted by atomic mass is 9.81. The molecular formula is C16H20N4O3. The van der Waals surface area contributed by atoms with E-state index in [0.717, 1.165) is 10.9 Å². The Morgan fingerprint density at radius 1 is 1.43 bits per heavy atom. The summed E-state index contributed by atoms with van der Waals surface area (Å²) in [5, 5.41) is 14.5. The lowest BCUT2D eigenvalue weighted by Gasteiger charge is -2.22. The molecule has 0 radical (unpaired) electrons. The molecule has 0 unspecified atom stereocenters. The summed E-state index contributed by atoms with van der Waals surface area (Å²) in [6, 6.07) is 1.97. The second-order valence-corrected chi connectivity index (χ2v) is 6.63. The highest BCUT2D eigenvalue weighted by Gasteiger charge is 2.47. The molecule has 0 aromatic carbocycles. The number of carboxylic acids is 1. The van der Waals surface area contributed by atoms with Crippen molar-refractivity contribution in [2.24, 2.45) is 11.3 Å². The van der Waals surface area contributed by atoms with Crippen molar-refractivity contribution in [1.29, 1.82) is 0 Å². The number of aryl methyl sites for hydroxylation is 1. The first-order chi connectivity index (χ1) is 10.8. The Morgan fingerprint density at radius 3 is 2.83 bits per heavy atom. The first kappa shape index (κ1) is 15.5. The van der Waals surface area contributed by atoms with Crippen LogP contribution in [0.4, 0.5) is 0 Å². The van der Waals surface area contributed by atoms with Crippen LogP contribution in [0.2, 0.25) is 0 Å². The average Bonchev–Trinajstić information content (AvgIpc) is 3.01. The first-order valence-electron chi connectivity index (χ1n) is 7.60. The molecule has 0 bridgehead atoms. The molecule has 0 saturated carbocycles. The molecule has 0 aliphatic carbocycles. The number of likely N-dealkylation sites (tertiary alicyclic amines) is 1. The summed E-state index contributed by atoms with van der Waals surface area (Å²) in [6.45, 7) is 6.27. The van der Waals surface area contributed by atoms with E-state index < -0.39 is 11.4 Å². The molecule has 2 aromatic rings. The van der Waals surface area contributed by atoms with Gasteiger partial charge in [-0.15, -0.1) is 0 Å². The maximum absolute atomic E-state index is 12.5. The van der Waals surface area contributed by atoms with Gasteiger partial charge in [-0.1, -0.05) is 6.92 Å². The van der Waals surface area contributed by atoms with Crippen molar-refractivity contribution < 1.29 is 14.7 Å². The number of nitrogens with zero attached hydrogens (tertiary/aromatic N) is 4. The number of carboxylic acid groups (broad SMARTS) is 1. The van der Waals surface area contributed by atoms with E-state index in [0.29, 0.717) is 12.2 Å². The molecule has 2 aromatic heterocycles. The maximum Gasteiger partial charge on any atom is 0.311 e. The number of aliphatic carboxylic acids is 1. The Labute approximate surface area is 133 Å². The Kier molecular flexibility index (Phi) is 3.58. The predicted molar refractivity (Wildman–Crippen MR) is 83.8 cm³/mol. The zero-order valence-corrected chi connectivity index (χ0v) is 13.5. The molecule has 0 spiro atoms. The Morgan fingerprint density at radius 2 is 2.17 bits per heavy atom. The van der Waals surface area contributed by atoms with Gasteiger partial charge >= 0.3 is 5.97 Å². The van der Waals surface area contributed by atoms with Crippen LogP contribution in [0.1, 0.15) is 19.4 Å². The highest BCUT2D eigenvalue weighted by atomic mass is 16.4. The maximum atomic E-state index is 12.5. The van der Waals surface area contributed by atoms with Gasteiger partial charge in [-0.2, -0.15) is 5.10 Å². The molecule has 1 amide bonds. The lowest BCUT2D eigenvalue weighted by Crippen LogP contribution is -2.37. The molecule has 7 nitrogen and oxygen atoms in total. The van der Waals surface area contributed by atoms with Crippen LogP contribution >= 0.6 is 0 Å². The SMILES string of the molecule is Cc1cnc2c(cnn2CC(=O)N2C[C@@H](C)[C@](C)(C(=O)O)C2)c1. The molecule has 122 valence electrons. The minimum Gasteiger partial charge on any atom is -0.481 e. The third kappa shape index (κ3) is 2.56. The molecule has 2 atom stereocenters. The van der Waals surface area contributed by atoms with Crippen molar-refractivity contribution >= 4 is 22.9 Å². The summed E-state index contributed by atoms with van der Waals surface area (Å²) in [5.41, 5.74) is 0.808. The van der Waals surface area contributed by atoms with Gasteiger partial charge in [0.1, 0.15) is 6.54 Å². The van der Waals surface area contributed by atoms with Crippen molar-refractivity contribution in [2.75, 3.05) is 13.1 Å². The van der Waals surface area contributed by atoms with Gasteiger partial charge in [-0.25, -0.2) is 9.67 Å². The van der Waals surface area contributed by atoms with Crippen molar-refractivity contribution in [1.82, 2.24) is 19.7 Å².